The summed E-state index contributed by atoms with van der Waals surface area (Å²) in [4.78, 5) is 4.51. The van der Waals surface area contributed by atoms with Crippen LogP contribution < -0.4 is 0 Å². The topological polar surface area (TPSA) is 69.5 Å². The second-order valence-electron chi connectivity index (χ2n) is 4.02. The molecule has 0 aromatic rings. The third-order valence-corrected chi connectivity index (χ3v) is 1.96. The van der Waals surface area contributed by atoms with Crippen LogP contribution in [0.15, 0.2) is 0 Å². The Balaban J connectivity index is -0.000000605. The molecule has 0 atom stereocenters. The van der Waals surface area contributed by atoms with Gasteiger partial charge in [0.25, 0.3) is 0 Å². The van der Waals surface area contributed by atoms with Gasteiger partial charge < -0.3 is 20.8 Å². The number of hydrogen-bond donors (Lipinski definition) is 0. The Labute approximate surface area is 88.5 Å². The molecule has 0 rings (SSSR count). The van der Waals surface area contributed by atoms with E-state index < -0.39 is 0 Å². The average molecular weight is 208 g/mol. The maximum atomic E-state index is 2.26. The summed E-state index contributed by atoms with van der Waals surface area (Å²) in [6, 6.07) is 0. The van der Waals surface area contributed by atoms with Crippen LogP contribution in [0.2, 0.25) is 0 Å². The Bertz CT molecular complexity index is 86.1. The molecule has 0 bridgehead atoms. The molecule has 4 N–H and O–H groups in total. The molecule has 0 radical (unpaired) electrons. The summed E-state index contributed by atoms with van der Waals surface area (Å²) in [5, 5.41) is 0. The van der Waals surface area contributed by atoms with Crippen molar-refractivity contribution in [3.63, 3.8) is 0 Å². The number of nitrogens with zero attached hydrogens (tertiary/aromatic N) is 2. The first kappa shape index (κ1) is 19.4. The molecule has 0 aromatic heterocycles. The Morgan fingerprint density at radius 1 is 0.571 bits per heavy atom. The SMILES string of the molecule is CN(C)CCCCCCN(C)C.O.O. The van der Waals surface area contributed by atoms with Gasteiger partial charge >= 0.3 is 0 Å². The summed E-state index contributed by atoms with van der Waals surface area (Å²) >= 11 is 0. The second kappa shape index (κ2) is 12.8. The highest BCUT2D eigenvalue weighted by molar-refractivity contribution is 4.49. The van der Waals surface area contributed by atoms with Gasteiger partial charge in [-0.15, -0.1) is 0 Å². The van der Waals surface area contributed by atoms with E-state index in [-0.39, 0.29) is 11.0 Å². The summed E-state index contributed by atoms with van der Waals surface area (Å²) in [5.41, 5.74) is 0. The Hall–Kier alpha value is -0.160. The number of rotatable bonds is 7. The fraction of sp³-hybridized carbons (Fsp3) is 1.00. The molecule has 0 unspecified atom stereocenters. The lowest BCUT2D eigenvalue weighted by Crippen LogP contribution is -2.14. The molecule has 90 valence electrons. The first-order valence-electron chi connectivity index (χ1n) is 4.92. The van der Waals surface area contributed by atoms with Crippen LogP contribution in [0.5, 0.6) is 0 Å². The molecular formula is C10H28N2O2. The van der Waals surface area contributed by atoms with Gasteiger partial charge in [0, 0.05) is 0 Å². The van der Waals surface area contributed by atoms with Gasteiger partial charge in [0.15, 0.2) is 0 Å². The Kier molecular flexibility index (Phi) is 17.8. The van der Waals surface area contributed by atoms with E-state index in [1.54, 1.807) is 0 Å². The molecule has 4 heteroatoms. The third kappa shape index (κ3) is 17.8. The zero-order valence-corrected chi connectivity index (χ0v) is 10.1. The smallest absolute Gasteiger partial charge is 0.00248 e. The molecule has 0 saturated heterocycles. The van der Waals surface area contributed by atoms with Gasteiger partial charge in [0.05, 0.1) is 0 Å². The van der Waals surface area contributed by atoms with Crippen LogP contribution in [0, 0.1) is 0 Å². The van der Waals surface area contributed by atoms with E-state index in [0.29, 0.717) is 0 Å². The molecule has 14 heavy (non-hydrogen) atoms. The highest BCUT2D eigenvalue weighted by atomic mass is 16.0. The van der Waals surface area contributed by atoms with Crippen LogP contribution in [0.3, 0.4) is 0 Å². The highest BCUT2D eigenvalue weighted by Gasteiger charge is 1.92. The zero-order valence-electron chi connectivity index (χ0n) is 10.1. The molecule has 0 aliphatic rings. The van der Waals surface area contributed by atoms with E-state index in [2.05, 4.69) is 38.0 Å². The van der Waals surface area contributed by atoms with Crippen molar-refractivity contribution < 1.29 is 11.0 Å². The molecule has 0 fully saturated rings. The van der Waals surface area contributed by atoms with Crippen LogP contribution in [-0.2, 0) is 0 Å². The van der Waals surface area contributed by atoms with Crippen molar-refractivity contribution in [3.8, 4) is 0 Å². The van der Waals surface area contributed by atoms with Crippen molar-refractivity contribution in [1.82, 2.24) is 9.80 Å². The van der Waals surface area contributed by atoms with Crippen LogP contribution in [0.4, 0.5) is 0 Å². The van der Waals surface area contributed by atoms with Crippen LogP contribution >= 0.6 is 0 Å². The van der Waals surface area contributed by atoms with Crippen molar-refractivity contribution >= 4 is 0 Å². The van der Waals surface area contributed by atoms with Gasteiger partial charge in [0.1, 0.15) is 0 Å². The standard InChI is InChI=1S/C10H24N2.2H2O/c1-11(2)9-7-5-6-8-10-12(3)4;;/h5-10H2,1-4H3;2*1H2. The quantitative estimate of drug-likeness (QED) is 0.553. The summed E-state index contributed by atoms with van der Waals surface area (Å²) < 4.78 is 0. The van der Waals surface area contributed by atoms with Crippen molar-refractivity contribution in [1.29, 1.82) is 0 Å². The largest absolute Gasteiger partial charge is 0.412 e. The summed E-state index contributed by atoms with van der Waals surface area (Å²) in [5.74, 6) is 0. The van der Waals surface area contributed by atoms with Crippen LogP contribution in [0.1, 0.15) is 25.7 Å². The van der Waals surface area contributed by atoms with Gasteiger partial charge in [-0.3, -0.25) is 0 Å². The van der Waals surface area contributed by atoms with Gasteiger partial charge in [0.2, 0.25) is 0 Å². The van der Waals surface area contributed by atoms with E-state index in [4.69, 9.17) is 0 Å². The lowest BCUT2D eigenvalue weighted by atomic mass is 10.2. The average Bonchev–Trinajstić information content (AvgIpc) is 1.95. The summed E-state index contributed by atoms with van der Waals surface area (Å²) in [6.07, 6.45) is 5.46. The monoisotopic (exact) mass is 208 g/mol. The fourth-order valence-electron chi connectivity index (χ4n) is 1.21. The van der Waals surface area contributed by atoms with Gasteiger partial charge in [-0.1, -0.05) is 12.8 Å². The van der Waals surface area contributed by atoms with E-state index in [9.17, 15) is 0 Å². The lowest BCUT2D eigenvalue weighted by molar-refractivity contribution is 0.370. The van der Waals surface area contributed by atoms with E-state index in [0.717, 1.165) is 0 Å². The third-order valence-electron chi connectivity index (χ3n) is 1.96. The molecular weight excluding hydrogens is 180 g/mol. The molecule has 0 aliphatic heterocycles. The lowest BCUT2D eigenvalue weighted by Gasteiger charge is -2.10. The molecule has 0 aromatic carbocycles. The first-order valence-corrected chi connectivity index (χ1v) is 4.92. The van der Waals surface area contributed by atoms with Gasteiger partial charge in [-0.05, 0) is 54.1 Å². The van der Waals surface area contributed by atoms with Gasteiger partial charge in [-0.25, -0.2) is 0 Å². The summed E-state index contributed by atoms with van der Waals surface area (Å²) in [6.45, 7) is 2.48. The van der Waals surface area contributed by atoms with Crippen LogP contribution in [-0.4, -0.2) is 62.0 Å². The predicted octanol–water partition coefficient (Wildman–Crippen LogP) is 0.0206. The van der Waals surface area contributed by atoms with Crippen molar-refractivity contribution in [3.05, 3.63) is 0 Å². The number of hydrogen-bond acceptors (Lipinski definition) is 2. The van der Waals surface area contributed by atoms with Gasteiger partial charge in [-0.2, -0.15) is 0 Å². The first-order chi connectivity index (χ1) is 5.63. The van der Waals surface area contributed by atoms with Crippen LogP contribution in [0.25, 0.3) is 0 Å². The minimum absolute atomic E-state index is 0. The Morgan fingerprint density at radius 2 is 0.857 bits per heavy atom. The molecule has 0 saturated carbocycles. The van der Waals surface area contributed by atoms with Crippen molar-refractivity contribution in [2.24, 2.45) is 0 Å². The van der Waals surface area contributed by atoms with E-state index in [1.807, 2.05) is 0 Å². The molecule has 0 spiro atoms. The predicted molar refractivity (Wildman–Crippen MR) is 62.8 cm³/mol. The molecule has 0 aliphatic carbocycles. The fourth-order valence-corrected chi connectivity index (χ4v) is 1.21. The highest BCUT2D eigenvalue weighted by Crippen LogP contribution is 2.00. The van der Waals surface area contributed by atoms with E-state index in [1.165, 1.54) is 38.8 Å². The Morgan fingerprint density at radius 3 is 1.07 bits per heavy atom. The minimum Gasteiger partial charge on any atom is -0.412 e. The maximum Gasteiger partial charge on any atom is -0.00248 e. The second-order valence-corrected chi connectivity index (χ2v) is 4.02. The maximum absolute atomic E-state index is 2.26. The molecule has 0 amide bonds. The van der Waals surface area contributed by atoms with E-state index >= 15 is 0 Å². The molecule has 0 heterocycles. The number of unbranched alkanes of at least 4 members (excludes halogenated alkanes) is 3. The van der Waals surface area contributed by atoms with Crippen molar-refractivity contribution in [2.45, 2.75) is 25.7 Å². The molecule has 4 nitrogen and oxygen atoms in total. The minimum atomic E-state index is 0. The zero-order chi connectivity index (χ0) is 9.40. The normalized spacial score (nSPS) is 9.86. The van der Waals surface area contributed by atoms with Crippen molar-refractivity contribution in [2.75, 3.05) is 41.3 Å². The summed E-state index contributed by atoms with van der Waals surface area (Å²) in [7, 11) is 8.55.